The molecule has 26 heavy (non-hydrogen) atoms. The third kappa shape index (κ3) is 3.60. The maximum atomic E-state index is 13.0. The molecule has 6 nitrogen and oxygen atoms in total. The van der Waals surface area contributed by atoms with E-state index in [4.69, 9.17) is 4.74 Å². The molecule has 1 saturated heterocycles. The zero-order valence-electron chi connectivity index (χ0n) is 15.9. The summed E-state index contributed by atoms with van der Waals surface area (Å²) in [4.78, 5) is 12.6. The molecule has 3 atom stereocenters. The van der Waals surface area contributed by atoms with Crippen LogP contribution in [0.4, 0.5) is 0 Å². The molecule has 0 spiro atoms. The van der Waals surface area contributed by atoms with Gasteiger partial charge in [0.1, 0.15) is 5.75 Å². The second-order valence-corrected chi connectivity index (χ2v) is 9.74. The van der Waals surface area contributed by atoms with Gasteiger partial charge in [0.2, 0.25) is 10.0 Å². The number of nitrogens with one attached hydrogen (secondary N) is 1. The van der Waals surface area contributed by atoms with Gasteiger partial charge in [-0.15, -0.1) is 0 Å². The van der Waals surface area contributed by atoms with Gasteiger partial charge in [0.05, 0.1) is 4.90 Å². The van der Waals surface area contributed by atoms with Crippen molar-refractivity contribution in [3.05, 3.63) is 23.8 Å². The summed E-state index contributed by atoms with van der Waals surface area (Å²) in [5.74, 6) is 0.601. The van der Waals surface area contributed by atoms with Crippen molar-refractivity contribution in [2.24, 2.45) is 5.92 Å². The average molecular weight is 381 g/mol. The lowest BCUT2D eigenvalue weighted by atomic mass is 9.97. The van der Waals surface area contributed by atoms with Gasteiger partial charge in [-0.1, -0.05) is 13.8 Å². The molecule has 1 amide bonds. The van der Waals surface area contributed by atoms with Gasteiger partial charge in [-0.2, -0.15) is 4.31 Å². The number of hydrogen-bond acceptors (Lipinski definition) is 4. The van der Waals surface area contributed by atoms with E-state index in [9.17, 15) is 13.2 Å². The number of nitrogens with zero attached hydrogens (tertiary/aromatic N) is 1. The lowest BCUT2D eigenvalue weighted by Crippen LogP contribution is -2.42. The average Bonchev–Trinajstić information content (AvgIpc) is 2.91. The van der Waals surface area contributed by atoms with E-state index in [1.807, 2.05) is 20.8 Å². The van der Waals surface area contributed by atoms with Crippen LogP contribution in [-0.2, 0) is 14.8 Å². The number of hydrogen-bond donors (Lipinski definition) is 1. The Labute approximate surface area is 156 Å². The maximum absolute atomic E-state index is 13.0. The summed E-state index contributed by atoms with van der Waals surface area (Å²) in [6.45, 7) is 8.90. The lowest BCUT2D eigenvalue weighted by molar-refractivity contribution is -0.128. The summed E-state index contributed by atoms with van der Waals surface area (Å²) in [6.07, 6.45) is 1.33. The monoisotopic (exact) mass is 380 g/mol. The van der Waals surface area contributed by atoms with Crippen molar-refractivity contribution in [1.29, 1.82) is 0 Å². The fraction of sp³-hybridized carbons (Fsp3) is 0.632. The van der Waals surface area contributed by atoms with E-state index in [0.717, 1.165) is 18.4 Å². The second kappa shape index (κ2) is 7.19. The van der Waals surface area contributed by atoms with Crippen molar-refractivity contribution in [2.75, 3.05) is 13.1 Å². The molecular formula is C19H28N2O4S. The van der Waals surface area contributed by atoms with Gasteiger partial charge in [0.25, 0.3) is 5.91 Å². The Balaban J connectivity index is 1.85. The van der Waals surface area contributed by atoms with Crippen molar-refractivity contribution in [1.82, 2.24) is 9.62 Å². The van der Waals surface area contributed by atoms with E-state index < -0.39 is 16.1 Å². The summed E-state index contributed by atoms with van der Waals surface area (Å²) in [5, 5.41) is 2.86. The van der Waals surface area contributed by atoms with Gasteiger partial charge >= 0.3 is 0 Å². The van der Waals surface area contributed by atoms with E-state index in [1.54, 1.807) is 22.5 Å². The molecule has 3 rings (SSSR count). The number of carbonyl (C=O) groups excluding carboxylic acids is 1. The molecule has 0 bridgehead atoms. The zero-order chi connectivity index (χ0) is 19.1. The molecule has 1 aromatic rings. The van der Waals surface area contributed by atoms with Crippen LogP contribution in [0.5, 0.6) is 5.75 Å². The highest BCUT2D eigenvalue weighted by Crippen LogP contribution is 2.40. The molecule has 1 aromatic carbocycles. The van der Waals surface area contributed by atoms with Crippen LogP contribution in [0.1, 0.15) is 52.0 Å². The highest BCUT2D eigenvalue weighted by Gasteiger charge is 2.38. The number of piperidine rings is 1. The minimum atomic E-state index is -3.52. The fourth-order valence-electron chi connectivity index (χ4n) is 3.71. The molecule has 0 radical (unpaired) electrons. The van der Waals surface area contributed by atoms with Gasteiger partial charge in [-0.3, -0.25) is 4.79 Å². The van der Waals surface area contributed by atoms with Gasteiger partial charge in [0.15, 0.2) is 6.10 Å². The van der Waals surface area contributed by atoms with E-state index >= 15 is 0 Å². The fourth-order valence-corrected chi connectivity index (χ4v) is 5.35. The Morgan fingerprint density at radius 2 is 2.04 bits per heavy atom. The standard InChI is InChI=1S/C19H28N2O4S/c1-12(2)20-19(22)18-14(4)16-10-15(7-8-17(16)25-18)26(23,24)21-9-5-6-13(3)11-21/h7-8,10,12-14,18H,5-6,9,11H2,1-4H3,(H,20,22). The predicted octanol–water partition coefficient (Wildman–Crippen LogP) is 2.50. The van der Waals surface area contributed by atoms with Crippen molar-refractivity contribution in [3.8, 4) is 5.75 Å². The van der Waals surface area contributed by atoms with Crippen LogP contribution in [-0.4, -0.2) is 43.9 Å². The largest absolute Gasteiger partial charge is 0.480 e. The molecule has 2 aliphatic heterocycles. The van der Waals surface area contributed by atoms with Crippen LogP contribution < -0.4 is 10.1 Å². The van der Waals surface area contributed by atoms with Crippen LogP contribution in [0.25, 0.3) is 0 Å². The number of amides is 1. The van der Waals surface area contributed by atoms with Crippen molar-refractivity contribution in [2.45, 2.75) is 63.5 Å². The first-order chi connectivity index (χ1) is 12.2. The van der Waals surface area contributed by atoms with Crippen molar-refractivity contribution >= 4 is 15.9 Å². The first-order valence-corrected chi connectivity index (χ1v) is 10.7. The van der Waals surface area contributed by atoms with Gasteiger partial charge in [-0.25, -0.2) is 8.42 Å². The van der Waals surface area contributed by atoms with E-state index in [2.05, 4.69) is 12.2 Å². The Kier molecular flexibility index (Phi) is 5.30. The molecule has 2 heterocycles. The minimum absolute atomic E-state index is 0.0269. The summed E-state index contributed by atoms with van der Waals surface area (Å²) in [6, 6.07) is 4.97. The Morgan fingerprint density at radius 1 is 1.31 bits per heavy atom. The molecule has 1 fully saturated rings. The smallest absolute Gasteiger partial charge is 0.261 e. The molecule has 2 aliphatic rings. The first kappa shape index (κ1) is 19.2. The SMILES string of the molecule is CC1CCCN(S(=O)(=O)c2ccc3c(c2)C(C)C(C(=O)NC(C)C)O3)C1. The predicted molar refractivity (Wildman–Crippen MR) is 99.7 cm³/mol. The highest BCUT2D eigenvalue weighted by atomic mass is 32.2. The number of carbonyl (C=O) groups is 1. The molecular weight excluding hydrogens is 352 g/mol. The van der Waals surface area contributed by atoms with E-state index in [-0.39, 0.29) is 22.8 Å². The van der Waals surface area contributed by atoms with Crippen LogP contribution in [0.15, 0.2) is 23.1 Å². The number of ether oxygens (including phenoxy) is 1. The van der Waals surface area contributed by atoms with Gasteiger partial charge in [-0.05, 0) is 50.8 Å². The third-order valence-electron chi connectivity index (χ3n) is 5.13. The molecule has 1 N–H and O–H groups in total. The second-order valence-electron chi connectivity index (χ2n) is 7.80. The number of benzene rings is 1. The summed E-state index contributed by atoms with van der Waals surface area (Å²) in [7, 11) is -3.52. The summed E-state index contributed by atoms with van der Waals surface area (Å²) >= 11 is 0. The maximum Gasteiger partial charge on any atom is 0.261 e. The molecule has 7 heteroatoms. The lowest BCUT2D eigenvalue weighted by Gasteiger charge is -2.30. The van der Waals surface area contributed by atoms with Crippen LogP contribution in [0.2, 0.25) is 0 Å². The highest BCUT2D eigenvalue weighted by molar-refractivity contribution is 7.89. The van der Waals surface area contributed by atoms with Gasteiger partial charge in [0, 0.05) is 30.6 Å². The number of rotatable bonds is 4. The van der Waals surface area contributed by atoms with Crippen molar-refractivity contribution < 1.29 is 17.9 Å². The van der Waals surface area contributed by atoms with Crippen molar-refractivity contribution in [3.63, 3.8) is 0 Å². The van der Waals surface area contributed by atoms with E-state index in [1.165, 1.54) is 0 Å². The Hall–Kier alpha value is -1.60. The normalized spacial score (nSPS) is 26.4. The van der Waals surface area contributed by atoms with Crippen LogP contribution in [0.3, 0.4) is 0 Å². The molecule has 3 unspecified atom stereocenters. The topological polar surface area (TPSA) is 75.7 Å². The minimum Gasteiger partial charge on any atom is -0.480 e. The molecule has 0 saturated carbocycles. The Morgan fingerprint density at radius 3 is 2.69 bits per heavy atom. The Bertz CT molecular complexity index is 791. The number of fused-ring (bicyclic) bond motifs is 1. The molecule has 0 aliphatic carbocycles. The summed E-state index contributed by atoms with van der Waals surface area (Å²) in [5.41, 5.74) is 0.778. The number of sulfonamides is 1. The summed E-state index contributed by atoms with van der Waals surface area (Å²) < 4.78 is 33.4. The first-order valence-electron chi connectivity index (χ1n) is 9.31. The molecule has 144 valence electrons. The molecule has 0 aromatic heterocycles. The third-order valence-corrected chi connectivity index (χ3v) is 6.99. The zero-order valence-corrected chi connectivity index (χ0v) is 16.7. The van der Waals surface area contributed by atoms with Gasteiger partial charge < -0.3 is 10.1 Å². The van der Waals surface area contributed by atoms with Crippen LogP contribution >= 0.6 is 0 Å². The quantitative estimate of drug-likeness (QED) is 0.871. The van der Waals surface area contributed by atoms with Crippen LogP contribution in [0, 0.1) is 5.92 Å². The van der Waals surface area contributed by atoms with E-state index in [0.29, 0.717) is 24.8 Å².